The molecule has 0 bridgehead atoms. The number of hydrogen-bond donors (Lipinski definition) is 0. The van der Waals surface area contributed by atoms with E-state index in [9.17, 15) is 8.42 Å². The number of pyridine rings is 1. The summed E-state index contributed by atoms with van der Waals surface area (Å²) < 4.78 is 30.0. The second-order valence-corrected chi connectivity index (χ2v) is 6.07. The van der Waals surface area contributed by atoms with Crippen molar-refractivity contribution in [2.24, 2.45) is 0 Å². The molecular weight excluding hydrogens is 287 g/mol. The molecule has 1 heterocycles. The molecule has 0 N–H and O–H groups in total. The highest BCUT2D eigenvalue weighted by atomic mass is 35.5. The van der Waals surface area contributed by atoms with Crippen molar-refractivity contribution in [2.75, 3.05) is 27.3 Å². The molecule has 8 heteroatoms. The molecule has 0 aliphatic heterocycles. The molecule has 0 unspecified atom stereocenters. The Balaban J connectivity index is 3.00. The molecule has 1 rings (SSSR count). The van der Waals surface area contributed by atoms with Crippen LogP contribution < -0.4 is 0 Å². The van der Waals surface area contributed by atoms with E-state index in [0.29, 0.717) is 6.61 Å². The number of aromatic nitrogens is 1. The minimum absolute atomic E-state index is 0.00510. The minimum Gasteiger partial charge on any atom is -0.383 e. The predicted molar refractivity (Wildman–Crippen MR) is 65.9 cm³/mol. The van der Waals surface area contributed by atoms with Crippen LogP contribution in [0.4, 0.5) is 0 Å². The Labute approximate surface area is 110 Å². The summed E-state index contributed by atoms with van der Waals surface area (Å²) in [4.78, 5) is 3.71. The topological polar surface area (TPSA) is 59.5 Å². The first kappa shape index (κ1) is 14.7. The van der Waals surface area contributed by atoms with Gasteiger partial charge in [0.15, 0.2) is 0 Å². The van der Waals surface area contributed by atoms with Gasteiger partial charge in [0.1, 0.15) is 10.0 Å². The fraction of sp³-hybridized carbons (Fsp3) is 0.444. The maximum atomic E-state index is 12.0. The zero-order valence-corrected chi connectivity index (χ0v) is 11.7. The Morgan fingerprint density at radius 3 is 2.65 bits per heavy atom. The fourth-order valence-electron chi connectivity index (χ4n) is 1.06. The number of hydrogen-bond acceptors (Lipinski definition) is 4. The summed E-state index contributed by atoms with van der Waals surface area (Å²) in [6, 6.07) is 1.27. The monoisotopic (exact) mass is 298 g/mol. The quantitative estimate of drug-likeness (QED) is 0.776. The largest absolute Gasteiger partial charge is 0.383 e. The number of methoxy groups -OCH3 is 1. The average molecular weight is 299 g/mol. The van der Waals surface area contributed by atoms with E-state index in [0.717, 1.165) is 4.31 Å². The van der Waals surface area contributed by atoms with Gasteiger partial charge in [0.2, 0.25) is 10.0 Å². The predicted octanol–water partition coefficient (Wildman–Crippen LogP) is 1.66. The van der Waals surface area contributed by atoms with Gasteiger partial charge in [-0.15, -0.1) is 0 Å². The summed E-state index contributed by atoms with van der Waals surface area (Å²) in [5.74, 6) is 0. The van der Waals surface area contributed by atoms with Gasteiger partial charge in [0.25, 0.3) is 0 Å². The molecule has 0 radical (unpaired) electrons. The third kappa shape index (κ3) is 3.53. The summed E-state index contributed by atoms with van der Waals surface area (Å²) in [6.07, 6.45) is 1.17. The van der Waals surface area contributed by atoms with E-state index in [1.807, 2.05) is 0 Å². The Morgan fingerprint density at radius 1 is 1.47 bits per heavy atom. The zero-order valence-electron chi connectivity index (χ0n) is 9.35. The zero-order chi connectivity index (χ0) is 13.1. The Hall–Kier alpha value is -0.400. The summed E-state index contributed by atoms with van der Waals surface area (Å²) in [5, 5.41) is 0.179. The summed E-state index contributed by atoms with van der Waals surface area (Å²) in [6.45, 7) is 0.559. The molecule has 0 aliphatic rings. The van der Waals surface area contributed by atoms with Gasteiger partial charge in [0.05, 0.1) is 11.6 Å². The van der Waals surface area contributed by atoms with Crippen molar-refractivity contribution in [3.8, 4) is 0 Å². The second-order valence-electron chi connectivity index (χ2n) is 3.26. The van der Waals surface area contributed by atoms with Crippen molar-refractivity contribution in [3.05, 3.63) is 22.4 Å². The van der Waals surface area contributed by atoms with E-state index in [1.165, 1.54) is 26.4 Å². The molecule has 96 valence electrons. The molecule has 0 fully saturated rings. The van der Waals surface area contributed by atoms with E-state index in [2.05, 4.69) is 4.98 Å². The second kappa shape index (κ2) is 5.97. The lowest BCUT2D eigenvalue weighted by atomic mass is 10.5. The van der Waals surface area contributed by atoms with Crippen molar-refractivity contribution < 1.29 is 13.2 Å². The van der Waals surface area contributed by atoms with Crippen molar-refractivity contribution in [1.29, 1.82) is 0 Å². The van der Waals surface area contributed by atoms with Gasteiger partial charge < -0.3 is 4.74 Å². The number of likely N-dealkylation sites (N-methyl/N-ethyl adjacent to an activating group) is 1. The van der Waals surface area contributed by atoms with E-state index in [-0.39, 0.29) is 21.6 Å². The molecule has 0 spiro atoms. The van der Waals surface area contributed by atoms with Gasteiger partial charge in [-0.2, -0.15) is 4.31 Å². The van der Waals surface area contributed by atoms with Crippen molar-refractivity contribution in [1.82, 2.24) is 9.29 Å². The highest BCUT2D eigenvalue weighted by molar-refractivity contribution is 7.89. The molecule has 5 nitrogen and oxygen atoms in total. The number of sulfonamides is 1. The molecule has 1 aromatic rings. The third-order valence-electron chi connectivity index (χ3n) is 2.09. The normalized spacial score (nSPS) is 12.1. The maximum Gasteiger partial charge on any atom is 0.244 e. The summed E-state index contributed by atoms with van der Waals surface area (Å²) >= 11 is 11.3. The smallest absolute Gasteiger partial charge is 0.244 e. The van der Waals surface area contributed by atoms with Gasteiger partial charge in [-0.3, -0.25) is 0 Å². The third-order valence-corrected chi connectivity index (χ3v) is 4.60. The molecule has 0 saturated heterocycles. The first-order valence-corrected chi connectivity index (χ1v) is 6.85. The van der Waals surface area contributed by atoms with Crippen molar-refractivity contribution >= 4 is 33.2 Å². The highest BCUT2D eigenvalue weighted by Gasteiger charge is 2.21. The van der Waals surface area contributed by atoms with Crippen LogP contribution in [0.1, 0.15) is 0 Å². The lowest BCUT2D eigenvalue weighted by molar-refractivity contribution is 0.185. The minimum atomic E-state index is -3.60. The van der Waals surface area contributed by atoms with Gasteiger partial charge in [-0.05, 0) is 6.07 Å². The first-order valence-electron chi connectivity index (χ1n) is 4.66. The van der Waals surface area contributed by atoms with Gasteiger partial charge >= 0.3 is 0 Å². The molecule has 1 aromatic heterocycles. The van der Waals surface area contributed by atoms with Crippen LogP contribution in [0.15, 0.2) is 17.2 Å². The van der Waals surface area contributed by atoms with Crippen LogP contribution in [-0.4, -0.2) is 45.0 Å². The fourth-order valence-corrected chi connectivity index (χ4v) is 2.53. The molecule has 0 aromatic carbocycles. The number of rotatable bonds is 5. The van der Waals surface area contributed by atoms with Crippen LogP contribution >= 0.6 is 23.2 Å². The van der Waals surface area contributed by atoms with E-state index >= 15 is 0 Å². The molecular formula is C9H12Cl2N2O3S. The van der Waals surface area contributed by atoms with Crippen LogP contribution in [0.25, 0.3) is 0 Å². The average Bonchev–Trinajstić information content (AvgIpc) is 2.29. The van der Waals surface area contributed by atoms with Gasteiger partial charge in [0, 0.05) is 26.9 Å². The molecule has 0 amide bonds. The van der Waals surface area contributed by atoms with Crippen LogP contribution in [0.5, 0.6) is 0 Å². The molecule has 0 atom stereocenters. The first-order chi connectivity index (χ1) is 7.89. The van der Waals surface area contributed by atoms with E-state index in [1.54, 1.807) is 0 Å². The van der Waals surface area contributed by atoms with Crippen LogP contribution in [0.3, 0.4) is 0 Å². The lowest BCUT2D eigenvalue weighted by Crippen LogP contribution is -2.30. The van der Waals surface area contributed by atoms with Crippen molar-refractivity contribution in [2.45, 2.75) is 4.90 Å². The molecule has 0 saturated carbocycles. The van der Waals surface area contributed by atoms with Gasteiger partial charge in [-0.25, -0.2) is 13.4 Å². The maximum absolute atomic E-state index is 12.0. The molecule has 0 aliphatic carbocycles. The van der Waals surface area contributed by atoms with Crippen LogP contribution in [-0.2, 0) is 14.8 Å². The van der Waals surface area contributed by atoms with Gasteiger partial charge in [-0.1, -0.05) is 23.2 Å². The number of nitrogens with zero attached hydrogens (tertiary/aromatic N) is 2. The number of halogens is 2. The Kier molecular flexibility index (Phi) is 5.15. The lowest BCUT2D eigenvalue weighted by Gasteiger charge is -2.16. The van der Waals surface area contributed by atoms with Crippen LogP contribution in [0.2, 0.25) is 10.2 Å². The standard InChI is InChI=1S/C9H12Cl2N2O3S/c1-13(3-4-16-2)17(14,15)7-5-8(10)9(11)12-6-7/h5-6H,3-4H2,1-2H3. The molecule has 17 heavy (non-hydrogen) atoms. The summed E-state index contributed by atoms with van der Waals surface area (Å²) in [7, 11) is -0.646. The highest BCUT2D eigenvalue weighted by Crippen LogP contribution is 2.23. The Morgan fingerprint density at radius 2 is 2.12 bits per heavy atom. The summed E-state index contributed by atoms with van der Waals surface area (Å²) in [5.41, 5.74) is 0. The van der Waals surface area contributed by atoms with Crippen molar-refractivity contribution in [3.63, 3.8) is 0 Å². The SMILES string of the molecule is COCCN(C)S(=O)(=O)c1cnc(Cl)c(Cl)c1. The van der Waals surface area contributed by atoms with Crippen LogP contribution in [0, 0.1) is 0 Å². The van der Waals surface area contributed by atoms with E-state index < -0.39 is 10.0 Å². The van der Waals surface area contributed by atoms with E-state index in [4.69, 9.17) is 27.9 Å². The number of ether oxygens (including phenoxy) is 1. The Bertz CT molecular complexity index is 493.